The Bertz CT molecular complexity index is 2020. The van der Waals surface area contributed by atoms with Crippen LogP contribution in [-0.2, 0) is 12.6 Å². The molecule has 3 saturated carbocycles. The lowest BCUT2D eigenvalue weighted by Gasteiger charge is -2.38. The molecule has 0 radical (unpaired) electrons. The second-order valence-corrected chi connectivity index (χ2v) is 14.1. The fraction of sp³-hybridized carbons (Fsp3) is 0.382. The molecule has 0 saturated heterocycles. The summed E-state index contributed by atoms with van der Waals surface area (Å²) in [6, 6.07) is 13.5. The second-order valence-electron chi connectivity index (χ2n) is 13.7. The number of anilines is 2. The van der Waals surface area contributed by atoms with Crippen LogP contribution in [0.3, 0.4) is 0 Å². The summed E-state index contributed by atoms with van der Waals surface area (Å²) < 4.78 is 3.65. The van der Waals surface area contributed by atoms with E-state index in [1.165, 1.54) is 6.42 Å². The molecular weight excluding hydrogens is 572 g/mol. The van der Waals surface area contributed by atoms with Gasteiger partial charge in [0.2, 0.25) is 0 Å². The molecule has 0 unspecified atom stereocenters. The fourth-order valence-corrected chi connectivity index (χ4v) is 7.21. The summed E-state index contributed by atoms with van der Waals surface area (Å²) in [4.78, 5) is 17.6. The van der Waals surface area contributed by atoms with Gasteiger partial charge in [-0.3, -0.25) is 9.78 Å². The maximum absolute atomic E-state index is 13.1. The highest BCUT2D eigenvalue weighted by atomic mass is 35.5. The topological polar surface area (TPSA) is 113 Å². The van der Waals surface area contributed by atoms with Gasteiger partial charge in [0.25, 0.3) is 5.56 Å². The van der Waals surface area contributed by atoms with E-state index in [4.69, 9.17) is 16.7 Å². The van der Waals surface area contributed by atoms with Crippen molar-refractivity contribution >= 4 is 44.7 Å². The lowest BCUT2D eigenvalue weighted by Crippen LogP contribution is -2.39. The first-order valence-electron chi connectivity index (χ1n) is 15.1. The molecule has 1 atom stereocenters. The van der Waals surface area contributed by atoms with Crippen molar-refractivity contribution in [3.63, 3.8) is 0 Å². The molecule has 3 aliphatic rings. The number of benzene rings is 2. The van der Waals surface area contributed by atoms with Crippen molar-refractivity contribution in [3.05, 3.63) is 87.2 Å². The highest BCUT2D eigenvalue weighted by Gasteiger charge is 2.52. The molecule has 3 aliphatic carbocycles. The molecule has 3 heterocycles. The van der Waals surface area contributed by atoms with Crippen LogP contribution in [-0.4, -0.2) is 31.1 Å². The molecule has 0 amide bonds. The van der Waals surface area contributed by atoms with E-state index >= 15 is 0 Å². The Labute approximate surface area is 260 Å². The molecule has 44 heavy (non-hydrogen) atoms. The third kappa shape index (κ3) is 4.78. The number of nitrogens with zero attached hydrogens (tertiary/aromatic N) is 6. The van der Waals surface area contributed by atoms with Crippen LogP contribution < -0.4 is 16.2 Å². The van der Waals surface area contributed by atoms with E-state index in [-0.39, 0.29) is 16.5 Å². The lowest BCUT2D eigenvalue weighted by molar-refractivity contribution is 0.132. The van der Waals surface area contributed by atoms with E-state index in [1.54, 1.807) is 24.0 Å². The highest BCUT2D eigenvalue weighted by Crippen LogP contribution is 2.56. The van der Waals surface area contributed by atoms with Crippen LogP contribution in [0, 0.1) is 22.7 Å². The van der Waals surface area contributed by atoms with E-state index in [1.807, 2.05) is 36.4 Å². The third-order valence-corrected chi connectivity index (χ3v) is 9.55. The molecule has 3 aromatic heterocycles. The quantitative estimate of drug-likeness (QED) is 0.210. The van der Waals surface area contributed by atoms with E-state index in [2.05, 4.69) is 58.6 Å². The van der Waals surface area contributed by atoms with Crippen molar-refractivity contribution in [2.24, 2.45) is 18.4 Å². The first-order valence-corrected chi connectivity index (χ1v) is 15.5. The Kier molecular flexibility index (Phi) is 6.67. The third-order valence-electron chi connectivity index (χ3n) is 9.27. The van der Waals surface area contributed by atoms with Crippen LogP contribution >= 0.6 is 11.6 Å². The lowest BCUT2D eigenvalue weighted by atomic mass is 9.77. The number of hydrogen-bond acceptors (Lipinski definition) is 7. The maximum atomic E-state index is 13.1. The molecule has 2 N–H and O–H groups in total. The van der Waals surface area contributed by atoms with Gasteiger partial charge in [0, 0.05) is 42.4 Å². The summed E-state index contributed by atoms with van der Waals surface area (Å²) in [5.41, 5.74) is 4.17. The Hall–Kier alpha value is -4.42. The van der Waals surface area contributed by atoms with Gasteiger partial charge in [-0.05, 0) is 72.2 Å². The van der Waals surface area contributed by atoms with Crippen molar-refractivity contribution in [3.8, 4) is 6.07 Å². The Morgan fingerprint density at radius 1 is 1.18 bits per heavy atom. The average Bonchev–Trinajstić information content (AvgIpc) is 3.73. The molecule has 10 heteroatoms. The summed E-state index contributed by atoms with van der Waals surface area (Å²) in [5.74, 6) is 0.790. The van der Waals surface area contributed by atoms with Gasteiger partial charge in [0.1, 0.15) is 11.8 Å². The largest absolute Gasteiger partial charge is 0.383 e. The van der Waals surface area contributed by atoms with Gasteiger partial charge < -0.3 is 15.2 Å². The minimum atomic E-state index is -0.431. The zero-order valence-corrected chi connectivity index (χ0v) is 26.1. The van der Waals surface area contributed by atoms with E-state index in [0.29, 0.717) is 33.7 Å². The van der Waals surface area contributed by atoms with Crippen molar-refractivity contribution in [2.45, 2.75) is 58.0 Å². The Morgan fingerprint density at radius 2 is 2.00 bits per heavy atom. The summed E-state index contributed by atoms with van der Waals surface area (Å²) in [6.07, 6.45) is 10.1. The van der Waals surface area contributed by atoms with Crippen LogP contribution in [0.5, 0.6) is 0 Å². The normalized spacial score (nSPS) is 20.0. The zero-order chi connectivity index (χ0) is 30.8. The maximum Gasteiger partial charge on any atom is 0.258 e. The molecule has 2 bridgehead atoms. The van der Waals surface area contributed by atoms with Crippen molar-refractivity contribution in [1.82, 2.24) is 24.5 Å². The SMILES string of the molecule is Cn1ccc2c([C@H](Nc3cc(Cl)c4ncc(C#N)c(NCC(C)(C)C)c4c3)c3cn(C45CCC(C4)C5)nn3)cccc2c1=O. The fourth-order valence-electron chi connectivity index (χ4n) is 6.94. The van der Waals surface area contributed by atoms with Gasteiger partial charge in [-0.1, -0.05) is 49.7 Å². The predicted molar refractivity (Wildman–Crippen MR) is 174 cm³/mol. The van der Waals surface area contributed by atoms with E-state index < -0.39 is 6.04 Å². The summed E-state index contributed by atoms with van der Waals surface area (Å²) in [7, 11) is 1.76. The smallest absolute Gasteiger partial charge is 0.258 e. The molecule has 8 rings (SSSR count). The number of nitrogens with one attached hydrogen (secondary N) is 2. The standard InChI is InChI=1S/C34H35ClN8O/c1-33(2,3)19-38-29-21(16-36)17-37-30-26(29)12-22(13-27(30)35)39-31(24-6-5-7-25-23(24)9-11-42(4)32(25)44)28-18-43(41-40-28)34-10-8-20(14-34)15-34/h5-7,9,11-13,17-18,20,31,39H,8,10,14-15,19H2,1-4H3,(H,37,38)/t20?,31-,34?/m0/s1. The number of pyridine rings is 2. The van der Waals surface area contributed by atoms with Crippen LogP contribution in [0.25, 0.3) is 21.7 Å². The molecule has 9 nitrogen and oxygen atoms in total. The Morgan fingerprint density at radius 3 is 2.73 bits per heavy atom. The first-order chi connectivity index (χ1) is 21.0. The molecule has 3 fully saturated rings. The van der Waals surface area contributed by atoms with Crippen LogP contribution in [0.4, 0.5) is 11.4 Å². The number of hydrogen-bond donors (Lipinski definition) is 2. The number of nitriles is 1. The summed E-state index contributed by atoms with van der Waals surface area (Å²) in [6.45, 7) is 7.08. The minimum absolute atomic E-state index is 0.0103. The second kappa shape index (κ2) is 10.3. The number of rotatable bonds is 7. The molecule has 224 valence electrons. The number of aromatic nitrogens is 5. The minimum Gasteiger partial charge on any atom is -0.383 e. The summed E-state index contributed by atoms with van der Waals surface area (Å²) >= 11 is 6.85. The summed E-state index contributed by atoms with van der Waals surface area (Å²) in [5, 5.41) is 29.1. The van der Waals surface area contributed by atoms with Gasteiger partial charge in [-0.25, -0.2) is 4.68 Å². The van der Waals surface area contributed by atoms with Gasteiger partial charge in [0.15, 0.2) is 0 Å². The van der Waals surface area contributed by atoms with Crippen LogP contribution in [0.2, 0.25) is 5.02 Å². The van der Waals surface area contributed by atoms with Gasteiger partial charge in [0.05, 0.1) is 39.6 Å². The predicted octanol–water partition coefficient (Wildman–Crippen LogP) is 6.76. The van der Waals surface area contributed by atoms with E-state index in [9.17, 15) is 10.1 Å². The molecule has 2 aromatic carbocycles. The number of fused-ring (bicyclic) bond motifs is 3. The van der Waals surface area contributed by atoms with E-state index in [0.717, 1.165) is 52.9 Å². The van der Waals surface area contributed by atoms with Gasteiger partial charge in [-0.15, -0.1) is 5.10 Å². The van der Waals surface area contributed by atoms with Crippen molar-refractivity contribution in [2.75, 3.05) is 17.2 Å². The van der Waals surface area contributed by atoms with Crippen LogP contribution in [0.15, 0.2) is 59.8 Å². The van der Waals surface area contributed by atoms with Gasteiger partial charge >= 0.3 is 0 Å². The molecule has 0 spiro atoms. The molecule has 0 aliphatic heterocycles. The van der Waals surface area contributed by atoms with Crippen molar-refractivity contribution < 1.29 is 0 Å². The molecular formula is C34H35ClN8O. The zero-order valence-electron chi connectivity index (χ0n) is 25.4. The Balaban J connectivity index is 1.37. The monoisotopic (exact) mass is 606 g/mol. The van der Waals surface area contributed by atoms with Crippen molar-refractivity contribution in [1.29, 1.82) is 5.26 Å². The first kappa shape index (κ1) is 28.4. The average molecular weight is 607 g/mol. The molecule has 5 aromatic rings. The van der Waals surface area contributed by atoms with Crippen LogP contribution in [0.1, 0.15) is 69.3 Å². The van der Waals surface area contributed by atoms with Gasteiger partial charge in [-0.2, -0.15) is 5.26 Å². The highest BCUT2D eigenvalue weighted by molar-refractivity contribution is 6.35. The number of halogens is 1. The number of aryl methyl sites for hydroxylation is 1.